The third-order valence-corrected chi connectivity index (χ3v) is 4.59. The fraction of sp³-hybridized carbons (Fsp3) is 0.294. The third kappa shape index (κ3) is 4.81. The van der Waals surface area contributed by atoms with E-state index in [9.17, 15) is 4.79 Å². The monoisotopic (exact) mass is 350 g/mol. The molecule has 122 valence electrons. The lowest BCUT2D eigenvalue weighted by molar-refractivity contribution is -0.127. The highest BCUT2D eigenvalue weighted by atomic mass is 35.5. The second kappa shape index (κ2) is 7.62. The average Bonchev–Trinajstić information content (AvgIpc) is 2.93. The zero-order valence-electron chi connectivity index (χ0n) is 13.5. The van der Waals surface area contributed by atoms with Crippen molar-refractivity contribution >= 4 is 34.6 Å². The summed E-state index contributed by atoms with van der Waals surface area (Å²) in [5.74, 6) is 0.332. The van der Waals surface area contributed by atoms with Crippen LogP contribution in [0.2, 0.25) is 5.02 Å². The molecule has 0 aliphatic heterocycles. The van der Waals surface area contributed by atoms with E-state index in [4.69, 9.17) is 16.3 Å². The molecule has 1 aromatic heterocycles. The molecule has 0 bridgehead atoms. The van der Waals surface area contributed by atoms with Gasteiger partial charge in [0.15, 0.2) is 6.10 Å². The number of amides is 1. The fourth-order valence-electron chi connectivity index (χ4n) is 1.90. The van der Waals surface area contributed by atoms with Gasteiger partial charge in [0.25, 0.3) is 5.91 Å². The lowest BCUT2D eigenvalue weighted by atomic mass is 10.2. The zero-order chi connectivity index (χ0) is 17.0. The van der Waals surface area contributed by atoms with E-state index in [1.54, 1.807) is 36.5 Å². The summed E-state index contributed by atoms with van der Waals surface area (Å²) in [5.41, 5.74) is 4.20. The molecule has 0 saturated carbocycles. The predicted molar refractivity (Wildman–Crippen MR) is 95.7 cm³/mol. The number of carbonyl (C=O) groups is 1. The van der Waals surface area contributed by atoms with Crippen molar-refractivity contribution in [2.75, 3.05) is 0 Å². The normalized spacial score (nSPS) is 12.8. The summed E-state index contributed by atoms with van der Waals surface area (Å²) in [6, 6.07) is 9.29. The van der Waals surface area contributed by atoms with E-state index >= 15 is 0 Å². The van der Waals surface area contributed by atoms with Gasteiger partial charge < -0.3 is 4.74 Å². The van der Waals surface area contributed by atoms with Crippen molar-refractivity contribution in [1.82, 2.24) is 5.43 Å². The van der Waals surface area contributed by atoms with Crippen LogP contribution in [0.3, 0.4) is 0 Å². The van der Waals surface area contributed by atoms with Gasteiger partial charge in [0.2, 0.25) is 0 Å². The van der Waals surface area contributed by atoms with E-state index in [1.807, 2.05) is 32.9 Å². The zero-order valence-corrected chi connectivity index (χ0v) is 15.1. The van der Waals surface area contributed by atoms with E-state index in [2.05, 4.69) is 10.5 Å². The summed E-state index contributed by atoms with van der Waals surface area (Å²) in [6.45, 7) is 7.46. The van der Waals surface area contributed by atoms with Gasteiger partial charge in [-0.05, 0) is 63.6 Å². The largest absolute Gasteiger partial charge is 0.481 e. The highest BCUT2D eigenvalue weighted by Crippen LogP contribution is 2.22. The van der Waals surface area contributed by atoms with Crippen molar-refractivity contribution < 1.29 is 9.53 Å². The van der Waals surface area contributed by atoms with Crippen LogP contribution in [0, 0.1) is 13.8 Å². The van der Waals surface area contributed by atoms with Crippen LogP contribution in [-0.4, -0.2) is 17.7 Å². The van der Waals surface area contributed by atoms with Crippen LogP contribution in [0.5, 0.6) is 5.75 Å². The second-order valence-corrected chi connectivity index (χ2v) is 6.98. The summed E-state index contributed by atoms with van der Waals surface area (Å²) in [7, 11) is 0. The average molecular weight is 351 g/mol. The maximum atomic E-state index is 12.1. The molecule has 1 amide bonds. The fourth-order valence-corrected chi connectivity index (χ4v) is 2.94. The van der Waals surface area contributed by atoms with Crippen LogP contribution >= 0.6 is 22.9 Å². The standard InChI is InChI=1S/C17H19ClN2O2S/c1-10-9-14(18)6-7-15(10)22-13(4)17(21)20-19-12(3)16-8-5-11(2)23-16/h5-9,13H,1-4H3,(H,20,21). The summed E-state index contributed by atoms with van der Waals surface area (Å²) < 4.78 is 5.67. The molecule has 0 aliphatic carbocycles. The van der Waals surface area contributed by atoms with Crippen LogP contribution in [0.1, 0.15) is 29.2 Å². The number of rotatable bonds is 5. The second-order valence-electron chi connectivity index (χ2n) is 5.25. The molecule has 23 heavy (non-hydrogen) atoms. The number of hydrogen-bond acceptors (Lipinski definition) is 4. The summed E-state index contributed by atoms with van der Waals surface area (Å²) in [6.07, 6.45) is -0.656. The molecule has 2 aromatic rings. The lowest BCUT2D eigenvalue weighted by Crippen LogP contribution is -2.34. The molecule has 0 radical (unpaired) electrons. The number of halogens is 1. The van der Waals surface area contributed by atoms with Gasteiger partial charge in [-0.3, -0.25) is 4.79 Å². The quantitative estimate of drug-likeness (QED) is 0.644. The predicted octanol–water partition coefficient (Wildman–Crippen LogP) is 4.33. The minimum Gasteiger partial charge on any atom is -0.481 e. The minimum absolute atomic E-state index is 0.299. The number of nitrogens with zero attached hydrogens (tertiary/aromatic N) is 1. The Morgan fingerprint density at radius 1 is 1.30 bits per heavy atom. The number of aryl methyl sites for hydroxylation is 2. The first-order chi connectivity index (χ1) is 10.9. The van der Waals surface area contributed by atoms with Gasteiger partial charge in [0.05, 0.1) is 10.6 Å². The van der Waals surface area contributed by atoms with Gasteiger partial charge >= 0.3 is 0 Å². The Balaban J connectivity index is 1.97. The molecule has 0 aliphatic rings. The summed E-state index contributed by atoms with van der Waals surface area (Å²) >= 11 is 7.54. The van der Waals surface area contributed by atoms with Gasteiger partial charge in [0, 0.05) is 9.90 Å². The number of nitrogens with one attached hydrogen (secondary N) is 1. The van der Waals surface area contributed by atoms with E-state index in [-0.39, 0.29) is 5.91 Å². The molecule has 1 unspecified atom stereocenters. The van der Waals surface area contributed by atoms with Gasteiger partial charge in [0.1, 0.15) is 5.75 Å². The van der Waals surface area contributed by atoms with Crippen LogP contribution in [0.4, 0.5) is 0 Å². The molecule has 1 heterocycles. The van der Waals surface area contributed by atoms with Crippen LogP contribution < -0.4 is 10.2 Å². The Kier molecular flexibility index (Phi) is 5.80. The first-order valence-corrected chi connectivity index (χ1v) is 8.40. The molecule has 4 nitrogen and oxygen atoms in total. The third-order valence-electron chi connectivity index (χ3n) is 3.24. The molecule has 0 saturated heterocycles. The van der Waals surface area contributed by atoms with Crippen molar-refractivity contribution in [3.63, 3.8) is 0 Å². The Labute approximate surface area is 145 Å². The minimum atomic E-state index is -0.656. The van der Waals surface area contributed by atoms with Crippen molar-refractivity contribution in [2.24, 2.45) is 5.10 Å². The topological polar surface area (TPSA) is 50.7 Å². The Morgan fingerprint density at radius 3 is 2.65 bits per heavy atom. The van der Waals surface area contributed by atoms with Gasteiger partial charge in [-0.25, -0.2) is 5.43 Å². The Hall–Kier alpha value is -1.85. The molecular weight excluding hydrogens is 332 g/mol. The number of hydrogen-bond donors (Lipinski definition) is 1. The molecular formula is C17H19ClN2O2S. The first kappa shape index (κ1) is 17.5. The van der Waals surface area contributed by atoms with Crippen molar-refractivity contribution in [3.05, 3.63) is 50.7 Å². The van der Waals surface area contributed by atoms with Crippen LogP contribution in [0.15, 0.2) is 35.4 Å². The maximum absolute atomic E-state index is 12.1. The van der Waals surface area contributed by atoms with Gasteiger partial charge in [-0.15, -0.1) is 11.3 Å². The molecule has 0 spiro atoms. The van der Waals surface area contributed by atoms with E-state index in [1.165, 1.54) is 4.88 Å². The van der Waals surface area contributed by atoms with Crippen molar-refractivity contribution in [2.45, 2.75) is 33.8 Å². The van der Waals surface area contributed by atoms with Gasteiger partial charge in [-0.2, -0.15) is 5.10 Å². The Bertz CT molecular complexity index is 740. The van der Waals surface area contributed by atoms with E-state index < -0.39 is 6.10 Å². The van der Waals surface area contributed by atoms with E-state index in [0.717, 1.165) is 16.2 Å². The molecule has 6 heteroatoms. The lowest BCUT2D eigenvalue weighted by Gasteiger charge is -2.15. The first-order valence-electron chi connectivity index (χ1n) is 7.20. The van der Waals surface area contributed by atoms with Crippen LogP contribution in [-0.2, 0) is 4.79 Å². The number of ether oxygens (including phenoxy) is 1. The van der Waals surface area contributed by atoms with Crippen LogP contribution in [0.25, 0.3) is 0 Å². The van der Waals surface area contributed by atoms with E-state index in [0.29, 0.717) is 10.8 Å². The molecule has 1 aromatic carbocycles. The summed E-state index contributed by atoms with van der Waals surface area (Å²) in [4.78, 5) is 14.3. The highest BCUT2D eigenvalue weighted by Gasteiger charge is 2.15. The number of hydrazone groups is 1. The summed E-state index contributed by atoms with van der Waals surface area (Å²) in [5, 5.41) is 4.77. The molecule has 1 N–H and O–H groups in total. The SMILES string of the molecule is CC(=NNC(=O)C(C)Oc1ccc(Cl)cc1C)c1ccc(C)s1. The maximum Gasteiger partial charge on any atom is 0.280 e. The number of thiophene rings is 1. The molecule has 0 fully saturated rings. The molecule has 2 rings (SSSR count). The van der Waals surface area contributed by atoms with Gasteiger partial charge in [-0.1, -0.05) is 11.6 Å². The number of carbonyl (C=O) groups excluding carboxylic acids is 1. The smallest absolute Gasteiger partial charge is 0.280 e. The Morgan fingerprint density at radius 2 is 2.04 bits per heavy atom. The number of benzene rings is 1. The molecule has 1 atom stereocenters. The van der Waals surface area contributed by atoms with Crippen molar-refractivity contribution in [1.29, 1.82) is 0 Å². The highest BCUT2D eigenvalue weighted by molar-refractivity contribution is 7.14. The van der Waals surface area contributed by atoms with Crippen molar-refractivity contribution in [3.8, 4) is 5.75 Å².